The first-order valence-electron chi connectivity index (χ1n) is 6.01. The molecule has 2 rings (SSSR count). The van der Waals surface area contributed by atoms with Gasteiger partial charge in [0.15, 0.2) is 0 Å². The summed E-state index contributed by atoms with van der Waals surface area (Å²) >= 11 is 13.7. The molecule has 0 saturated carbocycles. The second-order valence-corrected chi connectivity index (χ2v) is 6.13. The van der Waals surface area contributed by atoms with Gasteiger partial charge in [-0.2, -0.15) is 0 Å². The van der Waals surface area contributed by atoms with Crippen LogP contribution >= 0.6 is 35.0 Å². The summed E-state index contributed by atoms with van der Waals surface area (Å²) in [6.45, 7) is 1.96. The number of aliphatic hydroxyl groups excluding tert-OH is 1. The maximum absolute atomic E-state index is 9.75. The predicted octanol–water partition coefficient (Wildman–Crippen LogP) is 5.59. The summed E-state index contributed by atoms with van der Waals surface area (Å²) in [5.74, 6) is 0. The Morgan fingerprint density at radius 3 is 2.42 bits per heavy atom. The second-order valence-electron chi connectivity index (χ2n) is 4.17. The van der Waals surface area contributed by atoms with Gasteiger partial charge in [-0.05, 0) is 42.3 Å². The lowest BCUT2D eigenvalue weighted by Crippen LogP contribution is -1.94. The molecule has 0 unspecified atom stereocenters. The second kappa shape index (κ2) is 6.67. The molecule has 0 bridgehead atoms. The smallest absolute Gasteiger partial charge is 0.0787 e. The van der Waals surface area contributed by atoms with Crippen molar-refractivity contribution in [2.24, 2.45) is 0 Å². The number of aliphatic hydroxyl groups is 1. The van der Waals surface area contributed by atoms with E-state index >= 15 is 0 Å². The Hall–Kier alpha value is -0.670. The SMILES string of the molecule is CC[C@@H](O)c1ccc(Sc2cc(Cl)ccc2Cl)cc1. The van der Waals surface area contributed by atoms with Crippen molar-refractivity contribution in [3.8, 4) is 0 Å². The topological polar surface area (TPSA) is 20.2 Å². The van der Waals surface area contributed by atoms with Crippen molar-refractivity contribution in [3.63, 3.8) is 0 Å². The van der Waals surface area contributed by atoms with Gasteiger partial charge >= 0.3 is 0 Å². The van der Waals surface area contributed by atoms with Crippen molar-refractivity contribution in [3.05, 3.63) is 58.1 Å². The van der Waals surface area contributed by atoms with Crippen LogP contribution in [0.2, 0.25) is 10.0 Å². The Morgan fingerprint density at radius 2 is 1.79 bits per heavy atom. The van der Waals surface area contributed by atoms with E-state index in [0.717, 1.165) is 15.4 Å². The Balaban J connectivity index is 2.17. The van der Waals surface area contributed by atoms with Crippen LogP contribution < -0.4 is 0 Å². The summed E-state index contributed by atoms with van der Waals surface area (Å²) < 4.78 is 0. The Morgan fingerprint density at radius 1 is 1.11 bits per heavy atom. The molecule has 2 aromatic rings. The van der Waals surface area contributed by atoms with E-state index in [1.165, 1.54) is 0 Å². The highest BCUT2D eigenvalue weighted by Gasteiger charge is 2.06. The van der Waals surface area contributed by atoms with E-state index in [2.05, 4.69) is 0 Å². The van der Waals surface area contributed by atoms with Gasteiger partial charge in [0.1, 0.15) is 0 Å². The van der Waals surface area contributed by atoms with Crippen LogP contribution in [0, 0.1) is 0 Å². The van der Waals surface area contributed by atoms with Crippen molar-refractivity contribution in [2.75, 3.05) is 0 Å². The van der Waals surface area contributed by atoms with E-state index in [0.29, 0.717) is 16.5 Å². The quantitative estimate of drug-likeness (QED) is 0.794. The normalized spacial score (nSPS) is 12.4. The monoisotopic (exact) mass is 312 g/mol. The molecule has 0 amide bonds. The average molecular weight is 313 g/mol. The van der Waals surface area contributed by atoms with Crippen LogP contribution in [-0.4, -0.2) is 5.11 Å². The van der Waals surface area contributed by atoms with Gasteiger partial charge in [0.25, 0.3) is 0 Å². The minimum absolute atomic E-state index is 0.395. The molecular weight excluding hydrogens is 299 g/mol. The van der Waals surface area contributed by atoms with Crippen molar-refractivity contribution in [1.29, 1.82) is 0 Å². The molecule has 1 N–H and O–H groups in total. The molecule has 1 nitrogen and oxygen atoms in total. The fraction of sp³-hybridized carbons (Fsp3) is 0.200. The standard InChI is InChI=1S/C15H14Cl2OS/c1-2-14(18)10-3-6-12(7-4-10)19-15-9-11(16)5-8-13(15)17/h3-9,14,18H,2H2,1H3/t14-/m1/s1. The zero-order chi connectivity index (χ0) is 13.8. The lowest BCUT2D eigenvalue weighted by Gasteiger charge is -2.09. The first kappa shape index (κ1) is 14.7. The van der Waals surface area contributed by atoms with E-state index in [1.807, 2.05) is 37.3 Å². The fourth-order valence-corrected chi connectivity index (χ4v) is 3.02. The van der Waals surface area contributed by atoms with Crippen LogP contribution in [0.15, 0.2) is 52.3 Å². The molecule has 0 saturated heterocycles. The van der Waals surface area contributed by atoms with Gasteiger partial charge in [0.05, 0.1) is 11.1 Å². The molecule has 0 aliphatic carbocycles. The first-order valence-corrected chi connectivity index (χ1v) is 7.58. The highest BCUT2D eigenvalue weighted by atomic mass is 35.5. The summed E-state index contributed by atoms with van der Waals surface area (Å²) in [4.78, 5) is 1.99. The summed E-state index contributed by atoms with van der Waals surface area (Å²) in [6, 6.07) is 13.3. The summed E-state index contributed by atoms with van der Waals surface area (Å²) in [7, 11) is 0. The third-order valence-corrected chi connectivity index (χ3v) is 4.51. The van der Waals surface area contributed by atoms with Crippen molar-refractivity contribution >= 4 is 35.0 Å². The fourth-order valence-electron chi connectivity index (χ4n) is 1.68. The van der Waals surface area contributed by atoms with E-state index in [1.54, 1.807) is 23.9 Å². The molecule has 0 fully saturated rings. The zero-order valence-corrected chi connectivity index (χ0v) is 12.8. The summed E-state index contributed by atoms with van der Waals surface area (Å²) in [6.07, 6.45) is 0.320. The van der Waals surface area contributed by atoms with Gasteiger partial charge in [0, 0.05) is 14.8 Å². The third-order valence-electron chi connectivity index (χ3n) is 2.77. The zero-order valence-electron chi connectivity index (χ0n) is 10.4. The lowest BCUT2D eigenvalue weighted by atomic mass is 10.1. The third kappa shape index (κ3) is 3.90. The Kier molecular flexibility index (Phi) is 5.17. The van der Waals surface area contributed by atoms with E-state index in [4.69, 9.17) is 23.2 Å². The van der Waals surface area contributed by atoms with Crippen molar-refractivity contribution in [1.82, 2.24) is 0 Å². The largest absolute Gasteiger partial charge is 0.388 e. The molecule has 2 aromatic carbocycles. The van der Waals surface area contributed by atoms with Gasteiger partial charge in [-0.25, -0.2) is 0 Å². The first-order chi connectivity index (χ1) is 9.10. The van der Waals surface area contributed by atoms with Crippen LogP contribution in [0.5, 0.6) is 0 Å². The van der Waals surface area contributed by atoms with Gasteiger partial charge in [0.2, 0.25) is 0 Å². The Bertz CT molecular complexity index is 555. The maximum atomic E-state index is 9.75. The van der Waals surface area contributed by atoms with Crippen molar-refractivity contribution in [2.45, 2.75) is 29.2 Å². The van der Waals surface area contributed by atoms with Crippen LogP contribution in [0.1, 0.15) is 25.0 Å². The number of hydrogen-bond acceptors (Lipinski definition) is 2. The molecule has 4 heteroatoms. The average Bonchev–Trinajstić information content (AvgIpc) is 2.43. The molecular formula is C15H14Cl2OS. The van der Waals surface area contributed by atoms with Crippen LogP contribution in [-0.2, 0) is 0 Å². The highest BCUT2D eigenvalue weighted by molar-refractivity contribution is 7.99. The number of halogens is 2. The number of rotatable bonds is 4. The lowest BCUT2D eigenvalue weighted by molar-refractivity contribution is 0.173. The molecule has 0 heterocycles. The molecule has 0 aliphatic rings. The predicted molar refractivity (Wildman–Crippen MR) is 82.3 cm³/mol. The molecule has 0 aliphatic heterocycles. The van der Waals surface area contributed by atoms with Gasteiger partial charge in [-0.1, -0.05) is 54.0 Å². The van der Waals surface area contributed by atoms with Gasteiger partial charge < -0.3 is 5.11 Å². The molecule has 0 spiro atoms. The minimum Gasteiger partial charge on any atom is -0.388 e. The van der Waals surface area contributed by atoms with E-state index in [-0.39, 0.29) is 0 Å². The molecule has 100 valence electrons. The van der Waals surface area contributed by atoms with Crippen molar-refractivity contribution < 1.29 is 5.11 Å². The molecule has 0 aromatic heterocycles. The summed E-state index contributed by atoms with van der Waals surface area (Å²) in [5.41, 5.74) is 0.934. The molecule has 0 radical (unpaired) electrons. The highest BCUT2D eigenvalue weighted by Crippen LogP contribution is 2.35. The van der Waals surface area contributed by atoms with E-state index in [9.17, 15) is 5.11 Å². The van der Waals surface area contributed by atoms with Crippen LogP contribution in [0.3, 0.4) is 0 Å². The van der Waals surface area contributed by atoms with Gasteiger partial charge in [-0.15, -0.1) is 0 Å². The maximum Gasteiger partial charge on any atom is 0.0787 e. The molecule has 1 atom stereocenters. The number of hydrogen-bond donors (Lipinski definition) is 1. The number of benzene rings is 2. The van der Waals surface area contributed by atoms with Crippen LogP contribution in [0.4, 0.5) is 0 Å². The van der Waals surface area contributed by atoms with Crippen LogP contribution in [0.25, 0.3) is 0 Å². The minimum atomic E-state index is -0.395. The Labute approximate surface area is 127 Å². The van der Waals surface area contributed by atoms with Gasteiger partial charge in [-0.3, -0.25) is 0 Å². The summed E-state index contributed by atoms with van der Waals surface area (Å²) in [5, 5.41) is 11.1. The molecule has 19 heavy (non-hydrogen) atoms. The van der Waals surface area contributed by atoms with E-state index < -0.39 is 6.10 Å².